The summed E-state index contributed by atoms with van der Waals surface area (Å²) in [6, 6.07) is 1.57. The molecule has 1 heterocycles. The predicted octanol–water partition coefficient (Wildman–Crippen LogP) is 2.99. The van der Waals surface area contributed by atoms with Crippen LogP contribution >= 0.6 is 15.9 Å². The smallest absolute Gasteiger partial charge is 0.166 e. The van der Waals surface area contributed by atoms with Crippen molar-refractivity contribution in [1.82, 2.24) is 5.32 Å². The Morgan fingerprint density at radius 3 is 2.94 bits per heavy atom. The molecule has 1 unspecified atom stereocenters. The maximum atomic E-state index is 14.1. The highest BCUT2D eigenvalue weighted by Crippen LogP contribution is 2.37. The fourth-order valence-electron chi connectivity index (χ4n) is 2.40. The van der Waals surface area contributed by atoms with Crippen LogP contribution in [0.15, 0.2) is 10.5 Å². The SMILES string of the molecule is COc1c(O)cc(Br)c(F)c1CC1CCCCN1. The standard InChI is InChI=1S/C13H17BrFNO2/c1-18-13-9(6-8-4-2-3-5-16-8)12(15)10(14)7-11(13)17/h7-8,16-17H,2-6H2,1H3. The highest BCUT2D eigenvalue weighted by molar-refractivity contribution is 9.10. The quantitative estimate of drug-likeness (QED) is 0.900. The van der Waals surface area contributed by atoms with Gasteiger partial charge in [0.15, 0.2) is 11.5 Å². The average Bonchev–Trinajstić information content (AvgIpc) is 2.37. The molecule has 18 heavy (non-hydrogen) atoms. The minimum atomic E-state index is -0.350. The number of halogens is 2. The normalized spacial score (nSPS) is 19.8. The fourth-order valence-corrected chi connectivity index (χ4v) is 2.86. The molecule has 2 N–H and O–H groups in total. The van der Waals surface area contributed by atoms with Gasteiger partial charge in [-0.1, -0.05) is 6.42 Å². The molecule has 0 saturated carbocycles. The highest BCUT2D eigenvalue weighted by Gasteiger charge is 2.22. The van der Waals surface area contributed by atoms with Crippen molar-refractivity contribution in [3.8, 4) is 11.5 Å². The van der Waals surface area contributed by atoms with Gasteiger partial charge in [-0.25, -0.2) is 4.39 Å². The molecule has 0 bridgehead atoms. The molecule has 0 radical (unpaired) electrons. The van der Waals surface area contributed by atoms with Gasteiger partial charge in [-0.15, -0.1) is 0 Å². The van der Waals surface area contributed by atoms with Crippen LogP contribution in [0, 0.1) is 5.82 Å². The van der Waals surface area contributed by atoms with E-state index in [-0.39, 0.29) is 27.8 Å². The number of ether oxygens (including phenoxy) is 1. The summed E-state index contributed by atoms with van der Waals surface area (Å²) in [4.78, 5) is 0. The Morgan fingerprint density at radius 2 is 2.33 bits per heavy atom. The van der Waals surface area contributed by atoms with Crippen molar-refractivity contribution in [2.24, 2.45) is 0 Å². The van der Waals surface area contributed by atoms with Crippen molar-refractivity contribution in [3.05, 3.63) is 21.9 Å². The number of hydrogen-bond acceptors (Lipinski definition) is 3. The van der Waals surface area contributed by atoms with E-state index in [1.807, 2.05) is 0 Å². The number of phenolic OH excluding ortho intramolecular Hbond substituents is 1. The molecule has 1 aliphatic heterocycles. The second-order valence-corrected chi connectivity index (χ2v) is 5.41. The second-order valence-electron chi connectivity index (χ2n) is 4.55. The Bertz CT molecular complexity index is 433. The second kappa shape index (κ2) is 5.89. The molecule has 1 aromatic rings. The van der Waals surface area contributed by atoms with E-state index in [0.717, 1.165) is 19.4 Å². The largest absolute Gasteiger partial charge is 0.504 e. The third-order valence-electron chi connectivity index (χ3n) is 3.31. The van der Waals surface area contributed by atoms with Gasteiger partial charge in [0.25, 0.3) is 0 Å². The summed E-state index contributed by atoms with van der Waals surface area (Å²) in [6.07, 6.45) is 3.87. The van der Waals surface area contributed by atoms with Crippen molar-refractivity contribution in [2.45, 2.75) is 31.7 Å². The molecule has 3 nitrogen and oxygen atoms in total. The molecular formula is C13H17BrFNO2. The van der Waals surface area contributed by atoms with Gasteiger partial charge in [-0.2, -0.15) is 0 Å². The Balaban J connectivity index is 2.29. The zero-order valence-electron chi connectivity index (χ0n) is 10.3. The molecule has 0 aliphatic carbocycles. The van der Waals surface area contributed by atoms with E-state index >= 15 is 0 Å². The maximum Gasteiger partial charge on any atom is 0.166 e. The summed E-state index contributed by atoms with van der Waals surface area (Å²) >= 11 is 3.11. The number of hydrogen-bond donors (Lipinski definition) is 2. The molecule has 0 aromatic heterocycles. The Hall–Kier alpha value is -0.810. The van der Waals surface area contributed by atoms with E-state index in [0.29, 0.717) is 12.0 Å². The first kappa shape index (κ1) is 13.6. The van der Waals surface area contributed by atoms with Crippen LogP contribution in [-0.2, 0) is 6.42 Å². The van der Waals surface area contributed by atoms with E-state index in [4.69, 9.17) is 4.74 Å². The van der Waals surface area contributed by atoms with Crippen LogP contribution in [0.1, 0.15) is 24.8 Å². The summed E-state index contributed by atoms with van der Waals surface area (Å²) in [5.41, 5.74) is 0.434. The van der Waals surface area contributed by atoms with Gasteiger partial charge >= 0.3 is 0 Å². The van der Waals surface area contributed by atoms with Crippen molar-refractivity contribution in [3.63, 3.8) is 0 Å². The third kappa shape index (κ3) is 2.78. The summed E-state index contributed by atoms with van der Waals surface area (Å²) in [5, 5.41) is 13.1. The molecule has 1 fully saturated rings. The lowest BCUT2D eigenvalue weighted by Gasteiger charge is -2.24. The molecule has 1 aliphatic rings. The van der Waals surface area contributed by atoms with Crippen LogP contribution in [-0.4, -0.2) is 24.8 Å². The summed E-state index contributed by atoms with van der Waals surface area (Å²) in [7, 11) is 1.44. The Labute approximate surface area is 114 Å². The molecule has 2 rings (SSSR count). The lowest BCUT2D eigenvalue weighted by atomic mass is 9.96. The number of piperidine rings is 1. The number of aromatic hydroxyl groups is 1. The summed E-state index contributed by atoms with van der Waals surface area (Å²) in [6.45, 7) is 0.967. The lowest BCUT2D eigenvalue weighted by Crippen LogP contribution is -2.35. The molecule has 100 valence electrons. The number of nitrogens with one attached hydrogen (secondary N) is 1. The van der Waals surface area contributed by atoms with Crippen molar-refractivity contribution >= 4 is 15.9 Å². The number of phenols is 1. The minimum Gasteiger partial charge on any atom is -0.504 e. The zero-order valence-corrected chi connectivity index (χ0v) is 11.9. The number of benzene rings is 1. The summed E-state index contributed by atoms with van der Waals surface area (Å²) < 4.78 is 19.5. The Kier molecular flexibility index (Phi) is 4.45. The van der Waals surface area contributed by atoms with E-state index < -0.39 is 0 Å². The van der Waals surface area contributed by atoms with Crippen molar-refractivity contribution in [1.29, 1.82) is 0 Å². The average molecular weight is 318 g/mol. The first-order valence-corrected chi connectivity index (χ1v) is 6.90. The van der Waals surface area contributed by atoms with E-state index in [1.54, 1.807) is 0 Å². The molecule has 1 aromatic carbocycles. The van der Waals surface area contributed by atoms with E-state index in [9.17, 15) is 9.50 Å². The van der Waals surface area contributed by atoms with Crippen molar-refractivity contribution < 1.29 is 14.2 Å². The topological polar surface area (TPSA) is 41.5 Å². The first-order chi connectivity index (χ1) is 8.63. The van der Waals surface area contributed by atoms with Gasteiger partial charge in [0.05, 0.1) is 11.6 Å². The molecule has 0 spiro atoms. The number of rotatable bonds is 3. The van der Waals surface area contributed by atoms with E-state index in [2.05, 4.69) is 21.2 Å². The van der Waals surface area contributed by atoms with Gasteiger partial charge in [-0.05, 0) is 41.7 Å². The summed E-state index contributed by atoms with van der Waals surface area (Å²) in [5.74, 6) is -0.142. The highest BCUT2D eigenvalue weighted by atomic mass is 79.9. The van der Waals surface area contributed by atoms with E-state index in [1.165, 1.54) is 19.6 Å². The van der Waals surface area contributed by atoms with Crippen molar-refractivity contribution in [2.75, 3.05) is 13.7 Å². The van der Waals surface area contributed by atoms with Gasteiger partial charge in [0, 0.05) is 17.7 Å². The fraction of sp³-hybridized carbons (Fsp3) is 0.538. The molecule has 0 amide bonds. The monoisotopic (exact) mass is 317 g/mol. The van der Waals surface area contributed by atoms with Gasteiger partial charge in [0.1, 0.15) is 5.82 Å². The van der Waals surface area contributed by atoms with Gasteiger partial charge < -0.3 is 15.2 Å². The number of methoxy groups -OCH3 is 1. The van der Waals surface area contributed by atoms with Gasteiger partial charge in [0.2, 0.25) is 0 Å². The van der Waals surface area contributed by atoms with Crippen LogP contribution in [0.3, 0.4) is 0 Å². The van der Waals surface area contributed by atoms with Crippen LogP contribution in [0.5, 0.6) is 11.5 Å². The molecular weight excluding hydrogens is 301 g/mol. The van der Waals surface area contributed by atoms with Crippen LogP contribution in [0.2, 0.25) is 0 Å². The maximum absolute atomic E-state index is 14.1. The van der Waals surface area contributed by atoms with Gasteiger partial charge in [-0.3, -0.25) is 0 Å². The molecule has 1 atom stereocenters. The Morgan fingerprint density at radius 1 is 1.56 bits per heavy atom. The first-order valence-electron chi connectivity index (χ1n) is 6.10. The zero-order chi connectivity index (χ0) is 13.1. The lowest BCUT2D eigenvalue weighted by molar-refractivity contribution is 0.352. The van der Waals surface area contributed by atoms with Crippen LogP contribution in [0.4, 0.5) is 4.39 Å². The predicted molar refractivity (Wildman–Crippen MR) is 71.7 cm³/mol. The molecule has 5 heteroatoms. The van der Waals surface area contributed by atoms with Crippen LogP contribution in [0.25, 0.3) is 0 Å². The third-order valence-corrected chi connectivity index (χ3v) is 3.89. The van der Waals surface area contributed by atoms with Crippen LogP contribution < -0.4 is 10.1 Å². The molecule has 1 saturated heterocycles. The minimum absolute atomic E-state index is 0.0309.